The molecule has 1 aromatic rings. The number of nitriles is 1. The molecular weight excluding hydrogens is 235 g/mol. The molecule has 1 aromatic carbocycles. The number of carbonyl (C=O) groups excluding carboxylic acids is 1. The van der Waals surface area contributed by atoms with E-state index >= 15 is 0 Å². The van der Waals surface area contributed by atoms with Gasteiger partial charge in [-0.1, -0.05) is 6.08 Å². The molecular formula is C13H13FN2O2. The number of ether oxygens (including phenoxy) is 1. The lowest BCUT2D eigenvalue weighted by Gasteiger charge is -2.17. The summed E-state index contributed by atoms with van der Waals surface area (Å²) in [6.45, 7) is 3.53. The molecule has 4 nitrogen and oxygen atoms in total. The third-order valence-corrected chi connectivity index (χ3v) is 2.18. The normalized spacial score (nSPS) is 10.7. The van der Waals surface area contributed by atoms with Crippen LogP contribution in [0.4, 0.5) is 10.1 Å². The first-order valence-corrected chi connectivity index (χ1v) is 5.42. The minimum Gasteiger partial charge on any atom is -0.461 e. The van der Waals surface area contributed by atoms with Crippen molar-refractivity contribution in [3.8, 4) is 6.19 Å². The Morgan fingerprint density at radius 1 is 1.50 bits per heavy atom. The Bertz CT molecular complexity index is 489. The van der Waals surface area contributed by atoms with Gasteiger partial charge in [-0.25, -0.2) is 14.1 Å². The molecule has 0 aromatic heterocycles. The van der Waals surface area contributed by atoms with Crippen molar-refractivity contribution in [2.45, 2.75) is 13.8 Å². The number of esters is 1. The molecule has 0 unspecified atom stereocenters. The number of carbonyl (C=O) groups is 1. The fourth-order valence-corrected chi connectivity index (χ4v) is 1.38. The lowest BCUT2D eigenvalue weighted by molar-refractivity contribution is -0.138. The summed E-state index contributed by atoms with van der Waals surface area (Å²) in [5, 5.41) is 9.10. The van der Waals surface area contributed by atoms with Gasteiger partial charge in [-0.2, -0.15) is 5.26 Å². The van der Waals surface area contributed by atoms with Crippen molar-refractivity contribution in [3.63, 3.8) is 0 Å². The average molecular weight is 248 g/mol. The van der Waals surface area contributed by atoms with Crippen LogP contribution in [0.25, 0.3) is 0 Å². The molecule has 0 radical (unpaired) electrons. The lowest BCUT2D eigenvalue weighted by Crippen LogP contribution is -2.24. The van der Waals surface area contributed by atoms with E-state index in [0.717, 1.165) is 4.90 Å². The third-order valence-electron chi connectivity index (χ3n) is 2.18. The highest BCUT2D eigenvalue weighted by atomic mass is 19.1. The predicted octanol–water partition coefficient (Wildman–Crippen LogP) is 2.58. The first-order valence-electron chi connectivity index (χ1n) is 5.42. The zero-order valence-corrected chi connectivity index (χ0v) is 10.2. The molecule has 0 atom stereocenters. The lowest BCUT2D eigenvalue weighted by atomic mass is 10.2. The summed E-state index contributed by atoms with van der Waals surface area (Å²) in [5.74, 6) is -0.999. The summed E-state index contributed by atoms with van der Waals surface area (Å²) in [6, 6.07) is 5.28. The third kappa shape index (κ3) is 3.08. The van der Waals surface area contributed by atoms with Crippen molar-refractivity contribution in [2.24, 2.45) is 0 Å². The van der Waals surface area contributed by atoms with Gasteiger partial charge < -0.3 is 4.74 Å². The molecule has 1 rings (SSSR count). The molecule has 94 valence electrons. The number of hydrogen-bond acceptors (Lipinski definition) is 4. The van der Waals surface area contributed by atoms with Crippen LogP contribution in [0.5, 0.6) is 0 Å². The molecule has 0 aliphatic carbocycles. The van der Waals surface area contributed by atoms with E-state index in [0.29, 0.717) is 5.69 Å². The summed E-state index contributed by atoms with van der Waals surface area (Å²) >= 11 is 0. The maximum atomic E-state index is 12.8. The number of hydrogen-bond donors (Lipinski definition) is 0. The van der Waals surface area contributed by atoms with E-state index in [1.807, 2.05) is 6.19 Å². The fourth-order valence-electron chi connectivity index (χ4n) is 1.38. The fraction of sp³-hybridized carbons (Fsp3) is 0.231. The molecule has 0 aliphatic rings. The molecule has 18 heavy (non-hydrogen) atoms. The highest BCUT2D eigenvalue weighted by molar-refractivity contribution is 5.93. The quantitative estimate of drug-likeness (QED) is 0.355. The second-order valence-corrected chi connectivity index (χ2v) is 3.31. The van der Waals surface area contributed by atoms with Gasteiger partial charge in [-0.15, -0.1) is 0 Å². The Morgan fingerprint density at radius 2 is 2.11 bits per heavy atom. The number of benzene rings is 1. The SMILES string of the molecule is C/C=C(/C(=O)OCC)N(C#N)c1ccc(F)cc1. The Labute approximate surface area is 105 Å². The molecule has 0 heterocycles. The van der Waals surface area contributed by atoms with Gasteiger partial charge in [-0.3, -0.25) is 0 Å². The monoisotopic (exact) mass is 248 g/mol. The van der Waals surface area contributed by atoms with Gasteiger partial charge in [0.1, 0.15) is 11.5 Å². The molecule has 0 N–H and O–H groups in total. The smallest absolute Gasteiger partial charge is 0.355 e. The Morgan fingerprint density at radius 3 is 2.56 bits per heavy atom. The highest BCUT2D eigenvalue weighted by Crippen LogP contribution is 2.19. The Kier molecular flexibility index (Phi) is 4.88. The number of rotatable bonds is 4. The van der Waals surface area contributed by atoms with E-state index in [1.54, 1.807) is 13.8 Å². The van der Waals surface area contributed by atoms with Gasteiger partial charge in [0.15, 0.2) is 6.19 Å². The van der Waals surface area contributed by atoms with Gasteiger partial charge in [0, 0.05) is 0 Å². The molecule has 0 amide bonds. The van der Waals surface area contributed by atoms with Gasteiger partial charge in [0.2, 0.25) is 0 Å². The van der Waals surface area contributed by atoms with E-state index in [1.165, 1.54) is 30.3 Å². The molecule has 0 fully saturated rings. The summed E-state index contributed by atoms with van der Waals surface area (Å²) in [7, 11) is 0. The number of halogens is 1. The average Bonchev–Trinajstić information content (AvgIpc) is 2.37. The largest absolute Gasteiger partial charge is 0.461 e. The van der Waals surface area contributed by atoms with Crippen molar-refractivity contribution < 1.29 is 13.9 Å². The zero-order valence-electron chi connectivity index (χ0n) is 10.2. The van der Waals surface area contributed by atoms with Crippen molar-refractivity contribution in [1.29, 1.82) is 5.26 Å². The summed E-state index contributed by atoms with van der Waals surface area (Å²) in [4.78, 5) is 12.8. The van der Waals surface area contributed by atoms with Gasteiger partial charge in [0.05, 0.1) is 12.3 Å². The van der Waals surface area contributed by atoms with Crippen LogP contribution in [0.2, 0.25) is 0 Å². The van der Waals surface area contributed by atoms with E-state index in [4.69, 9.17) is 10.00 Å². The van der Waals surface area contributed by atoms with E-state index < -0.39 is 11.8 Å². The number of allylic oxidation sites excluding steroid dienone is 1. The topological polar surface area (TPSA) is 53.3 Å². The van der Waals surface area contributed by atoms with E-state index in [9.17, 15) is 9.18 Å². The van der Waals surface area contributed by atoms with Gasteiger partial charge in [0.25, 0.3) is 0 Å². The standard InChI is InChI=1S/C13H13FN2O2/c1-3-12(13(17)18-4-2)16(9-15)11-7-5-10(14)6-8-11/h3,5-8H,4H2,1-2H3/b12-3-. The van der Waals surface area contributed by atoms with E-state index in [2.05, 4.69) is 0 Å². The van der Waals surface area contributed by atoms with Crippen molar-refractivity contribution in [3.05, 3.63) is 41.9 Å². The van der Waals surface area contributed by atoms with Crippen LogP contribution in [-0.4, -0.2) is 12.6 Å². The van der Waals surface area contributed by atoms with Crippen LogP contribution in [0, 0.1) is 17.3 Å². The second-order valence-electron chi connectivity index (χ2n) is 3.31. The van der Waals surface area contributed by atoms with Crippen molar-refractivity contribution >= 4 is 11.7 Å². The predicted molar refractivity (Wildman–Crippen MR) is 64.9 cm³/mol. The minimum atomic E-state index is -0.592. The van der Waals surface area contributed by atoms with Gasteiger partial charge >= 0.3 is 5.97 Å². The summed E-state index contributed by atoms with van der Waals surface area (Å²) < 4.78 is 17.7. The zero-order chi connectivity index (χ0) is 13.5. The second kappa shape index (κ2) is 6.40. The molecule has 0 saturated carbocycles. The maximum absolute atomic E-state index is 12.8. The van der Waals surface area contributed by atoms with Crippen LogP contribution >= 0.6 is 0 Å². The van der Waals surface area contributed by atoms with Crippen LogP contribution in [0.15, 0.2) is 36.0 Å². The Hall–Kier alpha value is -2.35. The van der Waals surface area contributed by atoms with Crippen molar-refractivity contribution in [2.75, 3.05) is 11.5 Å². The van der Waals surface area contributed by atoms with Crippen LogP contribution in [-0.2, 0) is 9.53 Å². The molecule has 0 bridgehead atoms. The van der Waals surface area contributed by atoms with Crippen LogP contribution < -0.4 is 4.90 Å². The summed E-state index contributed by atoms with van der Waals surface area (Å²) in [5.41, 5.74) is 0.506. The highest BCUT2D eigenvalue weighted by Gasteiger charge is 2.19. The van der Waals surface area contributed by atoms with Gasteiger partial charge in [-0.05, 0) is 38.1 Å². The van der Waals surface area contributed by atoms with E-state index in [-0.39, 0.29) is 12.3 Å². The number of anilines is 1. The van der Waals surface area contributed by atoms with Crippen LogP contribution in [0.3, 0.4) is 0 Å². The molecule has 5 heteroatoms. The first-order chi connectivity index (χ1) is 8.63. The molecule has 0 saturated heterocycles. The summed E-state index contributed by atoms with van der Waals surface area (Å²) in [6.07, 6.45) is 3.35. The van der Waals surface area contributed by atoms with Crippen molar-refractivity contribution in [1.82, 2.24) is 0 Å². The minimum absolute atomic E-state index is 0.103. The first kappa shape index (κ1) is 13.7. The maximum Gasteiger partial charge on any atom is 0.355 e. The number of nitrogens with zero attached hydrogens (tertiary/aromatic N) is 2. The van der Waals surface area contributed by atoms with Crippen LogP contribution in [0.1, 0.15) is 13.8 Å². The molecule has 0 aliphatic heterocycles. The molecule has 0 spiro atoms. The Balaban J connectivity index is 3.06.